The first kappa shape index (κ1) is 9.78. The van der Waals surface area contributed by atoms with Crippen LogP contribution in [-0.4, -0.2) is 17.3 Å². The average molecular weight is 194 g/mol. The van der Waals surface area contributed by atoms with Crippen LogP contribution in [0, 0.1) is 5.41 Å². The fourth-order valence-electron chi connectivity index (χ4n) is 1.97. The molecule has 0 aromatic heterocycles. The van der Waals surface area contributed by atoms with Crippen LogP contribution >= 0.6 is 0 Å². The van der Waals surface area contributed by atoms with Crippen LogP contribution < -0.4 is 0 Å². The van der Waals surface area contributed by atoms with Gasteiger partial charge in [0.05, 0.1) is 6.61 Å². The summed E-state index contributed by atoms with van der Waals surface area (Å²) in [6, 6.07) is 0. The van der Waals surface area contributed by atoms with E-state index < -0.39 is 5.60 Å². The van der Waals surface area contributed by atoms with E-state index in [1.54, 1.807) is 0 Å². The quantitative estimate of drug-likeness (QED) is 0.649. The summed E-state index contributed by atoms with van der Waals surface area (Å²) < 4.78 is 5.42. The van der Waals surface area contributed by atoms with Crippen molar-refractivity contribution >= 4 is 0 Å². The monoisotopic (exact) mass is 194 g/mol. The Hall–Kier alpha value is -0.760. The molecule has 78 valence electrons. The number of aliphatic hydroxyl groups is 1. The van der Waals surface area contributed by atoms with Crippen LogP contribution in [0.5, 0.6) is 0 Å². The normalized spacial score (nSPS) is 35.2. The Balaban J connectivity index is 2.19. The van der Waals surface area contributed by atoms with Gasteiger partial charge in [0.2, 0.25) is 0 Å². The maximum absolute atomic E-state index is 10.3. The fraction of sp³-hybridized carbons (Fsp3) is 0.667. The van der Waals surface area contributed by atoms with E-state index in [1.165, 1.54) is 0 Å². The number of allylic oxidation sites excluding steroid dienone is 1. The Kier molecular flexibility index (Phi) is 2.18. The van der Waals surface area contributed by atoms with Gasteiger partial charge in [0, 0.05) is 6.42 Å². The van der Waals surface area contributed by atoms with E-state index in [0.29, 0.717) is 0 Å². The van der Waals surface area contributed by atoms with Gasteiger partial charge in [0.25, 0.3) is 0 Å². The molecule has 0 bridgehead atoms. The van der Waals surface area contributed by atoms with Crippen LogP contribution in [0.1, 0.15) is 33.1 Å². The van der Waals surface area contributed by atoms with Crippen molar-refractivity contribution in [3.63, 3.8) is 0 Å². The minimum atomic E-state index is -0.827. The van der Waals surface area contributed by atoms with Gasteiger partial charge in [0.15, 0.2) is 0 Å². The SMILES string of the molecule is CC1(C)C=CC(O)(C2=CCCO2)CC1. The van der Waals surface area contributed by atoms with Gasteiger partial charge in [-0.25, -0.2) is 0 Å². The molecule has 0 spiro atoms. The zero-order valence-corrected chi connectivity index (χ0v) is 8.92. The summed E-state index contributed by atoms with van der Waals surface area (Å²) in [6.07, 6.45) is 8.69. The van der Waals surface area contributed by atoms with E-state index >= 15 is 0 Å². The maximum atomic E-state index is 10.3. The average Bonchev–Trinajstić information content (AvgIpc) is 2.64. The first-order chi connectivity index (χ1) is 6.52. The van der Waals surface area contributed by atoms with Gasteiger partial charge >= 0.3 is 0 Å². The second-order valence-electron chi connectivity index (χ2n) is 4.95. The van der Waals surface area contributed by atoms with E-state index in [-0.39, 0.29) is 5.41 Å². The largest absolute Gasteiger partial charge is 0.495 e. The number of ether oxygens (including phenoxy) is 1. The van der Waals surface area contributed by atoms with Crippen LogP contribution in [0.15, 0.2) is 24.0 Å². The number of hydrogen-bond acceptors (Lipinski definition) is 2. The molecular formula is C12H18O2. The molecule has 0 radical (unpaired) electrons. The van der Waals surface area contributed by atoms with E-state index in [9.17, 15) is 5.11 Å². The molecule has 0 saturated carbocycles. The van der Waals surface area contributed by atoms with Crippen molar-refractivity contribution in [2.75, 3.05) is 6.61 Å². The fourth-order valence-corrected chi connectivity index (χ4v) is 1.97. The lowest BCUT2D eigenvalue weighted by atomic mass is 9.76. The molecule has 0 aromatic rings. The third-order valence-corrected chi connectivity index (χ3v) is 3.09. The number of rotatable bonds is 1. The summed E-state index contributed by atoms with van der Waals surface area (Å²) in [6.45, 7) is 5.09. The molecule has 0 fully saturated rings. The summed E-state index contributed by atoms with van der Waals surface area (Å²) in [7, 11) is 0. The maximum Gasteiger partial charge on any atom is 0.139 e. The molecule has 2 heteroatoms. The Morgan fingerprint density at radius 2 is 2.07 bits per heavy atom. The molecule has 1 heterocycles. The van der Waals surface area contributed by atoms with Crippen LogP contribution in [-0.2, 0) is 4.74 Å². The minimum Gasteiger partial charge on any atom is -0.495 e. The van der Waals surface area contributed by atoms with E-state index in [0.717, 1.165) is 31.6 Å². The first-order valence-electron chi connectivity index (χ1n) is 5.28. The second kappa shape index (κ2) is 3.13. The topological polar surface area (TPSA) is 29.5 Å². The highest BCUT2D eigenvalue weighted by Gasteiger charge is 2.37. The van der Waals surface area contributed by atoms with Gasteiger partial charge in [-0.05, 0) is 30.4 Å². The van der Waals surface area contributed by atoms with Crippen LogP contribution in [0.3, 0.4) is 0 Å². The van der Waals surface area contributed by atoms with Crippen molar-refractivity contribution in [1.82, 2.24) is 0 Å². The Labute approximate surface area is 85.3 Å². The molecule has 14 heavy (non-hydrogen) atoms. The second-order valence-corrected chi connectivity index (χ2v) is 4.95. The van der Waals surface area contributed by atoms with E-state index in [4.69, 9.17) is 4.74 Å². The zero-order chi connectivity index (χ0) is 10.2. The van der Waals surface area contributed by atoms with Crippen molar-refractivity contribution in [1.29, 1.82) is 0 Å². The van der Waals surface area contributed by atoms with E-state index in [2.05, 4.69) is 19.9 Å². The van der Waals surface area contributed by atoms with Crippen molar-refractivity contribution in [2.45, 2.75) is 38.7 Å². The standard InChI is InChI=1S/C12H18O2/c1-11(2)5-7-12(13,8-6-11)10-4-3-9-14-10/h4-5,7,13H,3,6,8-9H2,1-2H3. The van der Waals surface area contributed by atoms with E-state index in [1.807, 2.05) is 12.2 Å². The van der Waals surface area contributed by atoms with Gasteiger partial charge in [0.1, 0.15) is 11.4 Å². The van der Waals surface area contributed by atoms with Crippen LogP contribution in [0.4, 0.5) is 0 Å². The predicted molar refractivity (Wildman–Crippen MR) is 55.8 cm³/mol. The van der Waals surface area contributed by atoms with Crippen LogP contribution in [0.2, 0.25) is 0 Å². The molecule has 2 nitrogen and oxygen atoms in total. The molecule has 1 unspecified atom stereocenters. The minimum absolute atomic E-state index is 0.214. The third-order valence-electron chi connectivity index (χ3n) is 3.09. The molecule has 1 atom stereocenters. The Morgan fingerprint density at radius 3 is 2.57 bits per heavy atom. The molecule has 1 N–H and O–H groups in total. The van der Waals surface area contributed by atoms with Crippen molar-refractivity contribution < 1.29 is 9.84 Å². The molecule has 1 aliphatic carbocycles. The van der Waals surface area contributed by atoms with Gasteiger partial charge in [-0.1, -0.05) is 19.9 Å². The molecule has 0 saturated heterocycles. The Bertz CT molecular complexity index is 289. The van der Waals surface area contributed by atoms with Gasteiger partial charge < -0.3 is 9.84 Å². The van der Waals surface area contributed by atoms with Crippen LogP contribution in [0.25, 0.3) is 0 Å². The summed E-state index contributed by atoms with van der Waals surface area (Å²) >= 11 is 0. The van der Waals surface area contributed by atoms with Gasteiger partial charge in [-0.15, -0.1) is 0 Å². The summed E-state index contributed by atoms with van der Waals surface area (Å²) in [5.74, 6) is 0.754. The van der Waals surface area contributed by atoms with Gasteiger partial charge in [-0.2, -0.15) is 0 Å². The molecule has 2 rings (SSSR count). The first-order valence-corrected chi connectivity index (χ1v) is 5.28. The number of hydrogen-bond donors (Lipinski definition) is 1. The van der Waals surface area contributed by atoms with Crippen molar-refractivity contribution in [2.24, 2.45) is 5.41 Å². The highest BCUT2D eigenvalue weighted by atomic mass is 16.5. The van der Waals surface area contributed by atoms with Crippen molar-refractivity contribution in [3.8, 4) is 0 Å². The summed E-state index contributed by atoms with van der Waals surface area (Å²) in [5.41, 5.74) is -0.614. The third kappa shape index (κ3) is 1.71. The predicted octanol–water partition coefficient (Wildman–Crippen LogP) is 2.40. The highest BCUT2D eigenvalue weighted by Crippen LogP contribution is 2.39. The lowest BCUT2D eigenvalue weighted by Gasteiger charge is -2.34. The lowest BCUT2D eigenvalue weighted by molar-refractivity contribution is 0.0369. The molecule has 2 aliphatic rings. The summed E-state index contributed by atoms with van der Waals surface area (Å²) in [4.78, 5) is 0. The molecule has 1 aliphatic heterocycles. The lowest BCUT2D eigenvalue weighted by Crippen LogP contribution is -2.34. The molecular weight excluding hydrogens is 176 g/mol. The smallest absolute Gasteiger partial charge is 0.139 e. The molecule has 0 amide bonds. The van der Waals surface area contributed by atoms with Gasteiger partial charge in [-0.3, -0.25) is 0 Å². The summed E-state index contributed by atoms with van der Waals surface area (Å²) in [5, 5.41) is 10.3. The highest BCUT2D eigenvalue weighted by molar-refractivity contribution is 5.25. The zero-order valence-electron chi connectivity index (χ0n) is 8.92. The molecule has 0 aromatic carbocycles. The van der Waals surface area contributed by atoms with Crippen molar-refractivity contribution in [3.05, 3.63) is 24.0 Å². The Morgan fingerprint density at radius 1 is 1.29 bits per heavy atom.